The Morgan fingerprint density at radius 2 is 1.36 bits per heavy atom. The number of hydrogen-bond donors (Lipinski definition) is 0. The van der Waals surface area contributed by atoms with Crippen LogP contribution < -0.4 is 9.47 Å². The average molecular weight is 365 g/mol. The van der Waals surface area contributed by atoms with E-state index in [-0.39, 0.29) is 0 Å². The third kappa shape index (κ3) is 2.56. The van der Waals surface area contributed by atoms with Crippen LogP contribution >= 0.6 is 22.7 Å². The minimum absolute atomic E-state index is 0.595. The second-order valence-electron chi connectivity index (χ2n) is 5.72. The molecule has 0 N–H and O–H groups in total. The van der Waals surface area contributed by atoms with E-state index in [0.29, 0.717) is 13.2 Å². The van der Waals surface area contributed by atoms with Crippen LogP contribution in [-0.4, -0.2) is 17.8 Å². The van der Waals surface area contributed by atoms with E-state index < -0.39 is 0 Å². The lowest BCUT2D eigenvalue weighted by Crippen LogP contribution is -2.15. The molecule has 4 aromatic rings. The molecule has 0 amide bonds. The molecule has 124 valence electrons. The van der Waals surface area contributed by atoms with E-state index in [0.717, 1.165) is 17.2 Å². The first kappa shape index (κ1) is 14.8. The minimum Gasteiger partial charge on any atom is -0.486 e. The highest BCUT2D eigenvalue weighted by molar-refractivity contribution is 7.14. The maximum atomic E-state index is 5.79. The molecule has 1 aromatic carbocycles. The Bertz CT molecular complexity index is 949. The fourth-order valence-electron chi connectivity index (χ4n) is 3.12. The third-order valence-electron chi connectivity index (χ3n) is 4.21. The van der Waals surface area contributed by atoms with Gasteiger partial charge in [0.05, 0.1) is 26.8 Å². The summed E-state index contributed by atoms with van der Waals surface area (Å²) < 4.78 is 13.8. The standard InChI is InChI=1S/C20H15NO2S2/c1-3-19(24-11-1)15-6-7-16(20-4-2-12-25-20)21(15)14-5-8-17-18(13-14)23-10-9-22-17/h1-8,11-13H,9-10H2. The van der Waals surface area contributed by atoms with Gasteiger partial charge in [-0.3, -0.25) is 0 Å². The van der Waals surface area contributed by atoms with E-state index in [4.69, 9.17) is 9.47 Å². The molecular formula is C20H15NO2S2. The fourth-order valence-corrected chi connectivity index (χ4v) is 4.60. The van der Waals surface area contributed by atoms with Gasteiger partial charge in [-0.05, 0) is 47.2 Å². The fraction of sp³-hybridized carbons (Fsp3) is 0.100. The summed E-state index contributed by atoms with van der Waals surface area (Å²) in [5.74, 6) is 1.63. The molecule has 5 heteroatoms. The van der Waals surface area contributed by atoms with Crippen molar-refractivity contribution in [3.63, 3.8) is 0 Å². The Balaban J connectivity index is 1.72. The summed E-state index contributed by atoms with van der Waals surface area (Å²) in [6, 6.07) is 19.1. The van der Waals surface area contributed by atoms with Gasteiger partial charge in [0.2, 0.25) is 0 Å². The smallest absolute Gasteiger partial charge is 0.163 e. The number of hydrogen-bond acceptors (Lipinski definition) is 4. The predicted octanol–water partition coefficient (Wildman–Crippen LogP) is 5.71. The van der Waals surface area contributed by atoms with E-state index >= 15 is 0 Å². The van der Waals surface area contributed by atoms with Gasteiger partial charge in [-0.25, -0.2) is 0 Å². The molecule has 0 saturated carbocycles. The van der Waals surface area contributed by atoms with Crippen molar-refractivity contribution in [1.29, 1.82) is 0 Å². The largest absolute Gasteiger partial charge is 0.486 e. The summed E-state index contributed by atoms with van der Waals surface area (Å²) in [6.07, 6.45) is 0. The Kier molecular flexibility index (Phi) is 3.61. The molecule has 25 heavy (non-hydrogen) atoms. The second-order valence-corrected chi connectivity index (χ2v) is 7.62. The lowest BCUT2D eigenvalue weighted by molar-refractivity contribution is 0.171. The summed E-state index contributed by atoms with van der Waals surface area (Å²) in [7, 11) is 0. The van der Waals surface area contributed by atoms with Gasteiger partial charge in [0.25, 0.3) is 0 Å². The number of nitrogens with zero attached hydrogens (tertiary/aromatic N) is 1. The van der Waals surface area contributed by atoms with Gasteiger partial charge in [0, 0.05) is 6.07 Å². The Hall–Kier alpha value is -2.50. The Morgan fingerprint density at radius 3 is 1.96 bits per heavy atom. The van der Waals surface area contributed by atoms with Gasteiger partial charge >= 0.3 is 0 Å². The predicted molar refractivity (Wildman–Crippen MR) is 103 cm³/mol. The molecule has 3 nitrogen and oxygen atoms in total. The zero-order valence-electron chi connectivity index (χ0n) is 13.3. The highest BCUT2D eigenvalue weighted by Gasteiger charge is 2.18. The monoisotopic (exact) mass is 365 g/mol. The van der Waals surface area contributed by atoms with Crippen molar-refractivity contribution < 1.29 is 9.47 Å². The van der Waals surface area contributed by atoms with Gasteiger partial charge in [-0.15, -0.1) is 22.7 Å². The number of ether oxygens (including phenoxy) is 2. The van der Waals surface area contributed by atoms with Crippen molar-refractivity contribution >= 4 is 22.7 Å². The van der Waals surface area contributed by atoms with Crippen molar-refractivity contribution in [2.24, 2.45) is 0 Å². The Morgan fingerprint density at radius 1 is 0.720 bits per heavy atom. The first-order chi connectivity index (χ1) is 12.4. The number of aromatic nitrogens is 1. The molecule has 3 aromatic heterocycles. The number of rotatable bonds is 3. The van der Waals surface area contributed by atoms with Crippen LogP contribution in [0.2, 0.25) is 0 Å². The molecular weight excluding hydrogens is 350 g/mol. The molecule has 0 bridgehead atoms. The van der Waals surface area contributed by atoms with Crippen LogP contribution in [0.1, 0.15) is 0 Å². The lowest BCUT2D eigenvalue weighted by Gasteiger charge is -2.20. The van der Waals surface area contributed by atoms with Crippen LogP contribution in [0.4, 0.5) is 0 Å². The summed E-state index contributed by atoms with van der Waals surface area (Å²) in [5, 5.41) is 4.22. The second kappa shape index (κ2) is 6.10. The van der Waals surface area contributed by atoms with E-state index in [2.05, 4.69) is 63.9 Å². The van der Waals surface area contributed by atoms with Gasteiger partial charge in [0.1, 0.15) is 13.2 Å². The van der Waals surface area contributed by atoms with Crippen molar-refractivity contribution in [3.05, 3.63) is 65.4 Å². The zero-order valence-corrected chi connectivity index (χ0v) is 15.0. The zero-order chi connectivity index (χ0) is 16.6. The molecule has 0 radical (unpaired) electrons. The average Bonchev–Trinajstić information content (AvgIpc) is 3.41. The van der Waals surface area contributed by atoms with Gasteiger partial charge in [0.15, 0.2) is 11.5 Å². The van der Waals surface area contributed by atoms with Gasteiger partial charge in [-0.2, -0.15) is 0 Å². The third-order valence-corrected chi connectivity index (χ3v) is 6.00. The summed E-state index contributed by atoms with van der Waals surface area (Å²) in [5.41, 5.74) is 3.46. The van der Waals surface area contributed by atoms with E-state index in [9.17, 15) is 0 Å². The van der Waals surface area contributed by atoms with E-state index in [1.54, 1.807) is 22.7 Å². The lowest BCUT2D eigenvalue weighted by atomic mass is 10.2. The normalized spacial score (nSPS) is 13.1. The number of fused-ring (bicyclic) bond motifs is 1. The van der Waals surface area contributed by atoms with Crippen LogP contribution in [0, 0.1) is 0 Å². The molecule has 1 aliphatic rings. The van der Waals surface area contributed by atoms with Crippen LogP contribution in [0.5, 0.6) is 11.5 Å². The van der Waals surface area contributed by atoms with Crippen LogP contribution in [0.25, 0.3) is 26.8 Å². The molecule has 0 saturated heterocycles. The first-order valence-electron chi connectivity index (χ1n) is 8.10. The highest BCUT2D eigenvalue weighted by atomic mass is 32.1. The van der Waals surface area contributed by atoms with Gasteiger partial charge < -0.3 is 14.0 Å². The van der Waals surface area contributed by atoms with Crippen LogP contribution in [-0.2, 0) is 0 Å². The molecule has 1 aliphatic heterocycles. The topological polar surface area (TPSA) is 23.4 Å². The molecule has 0 fully saturated rings. The molecule has 0 aliphatic carbocycles. The summed E-state index contributed by atoms with van der Waals surface area (Å²) >= 11 is 3.50. The van der Waals surface area contributed by atoms with Crippen molar-refractivity contribution in [2.75, 3.05) is 13.2 Å². The van der Waals surface area contributed by atoms with E-state index in [1.807, 2.05) is 6.07 Å². The van der Waals surface area contributed by atoms with Crippen LogP contribution in [0.15, 0.2) is 65.4 Å². The summed E-state index contributed by atoms with van der Waals surface area (Å²) in [6.45, 7) is 1.20. The Labute approximate surface area is 153 Å². The van der Waals surface area contributed by atoms with Crippen molar-refractivity contribution in [2.45, 2.75) is 0 Å². The molecule has 4 heterocycles. The van der Waals surface area contributed by atoms with Gasteiger partial charge in [-0.1, -0.05) is 12.1 Å². The van der Waals surface area contributed by atoms with Crippen molar-refractivity contribution in [1.82, 2.24) is 4.57 Å². The van der Waals surface area contributed by atoms with Crippen molar-refractivity contribution in [3.8, 4) is 38.3 Å². The van der Waals surface area contributed by atoms with Crippen LogP contribution in [0.3, 0.4) is 0 Å². The highest BCUT2D eigenvalue weighted by Crippen LogP contribution is 2.39. The first-order valence-corrected chi connectivity index (χ1v) is 9.85. The number of benzene rings is 1. The maximum Gasteiger partial charge on any atom is 0.163 e. The molecule has 0 spiro atoms. The quantitative estimate of drug-likeness (QED) is 0.464. The molecule has 5 rings (SSSR count). The maximum absolute atomic E-state index is 5.79. The SMILES string of the molecule is c1csc(-c2ccc(-c3cccs3)n2-c2ccc3c(c2)OCCO3)c1. The minimum atomic E-state index is 0.595. The summed E-state index contributed by atoms with van der Waals surface area (Å²) in [4.78, 5) is 2.50. The molecule has 0 unspecified atom stereocenters. The molecule has 0 atom stereocenters. The van der Waals surface area contributed by atoms with E-state index in [1.165, 1.54) is 21.1 Å². The number of thiophene rings is 2.